The molecule has 0 fully saturated rings. The SMILES string of the molecule is C/C(=N\NC(=S)Nc1ccccc1)c1ccc(C(C)(C)C)cc1. The molecule has 0 saturated carbocycles. The Bertz CT molecular complexity index is 683. The van der Waals surface area contributed by atoms with Crippen molar-refractivity contribution in [3.05, 3.63) is 65.7 Å². The Labute approximate surface area is 143 Å². The van der Waals surface area contributed by atoms with E-state index in [2.05, 4.69) is 60.9 Å². The first kappa shape index (κ1) is 17.2. The molecule has 2 N–H and O–H groups in total. The Morgan fingerprint density at radius 2 is 1.57 bits per heavy atom. The highest BCUT2D eigenvalue weighted by Gasteiger charge is 2.13. The van der Waals surface area contributed by atoms with Gasteiger partial charge in [-0.15, -0.1) is 0 Å². The minimum Gasteiger partial charge on any atom is -0.331 e. The quantitative estimate of drug-likeness (QED) is 0.488. The minimum atomic E-state index is 0.156. The van der Waals surface area contributed by atoms with Gasteiger partial charge >= 0.3 is 0 Å². The first-order chi connectivity index (χ1) is 10.9. The Balaban J connectivity index is 1.98. The number of nitrogens with one attached hydrogen (secondary N) is 2. The van der Waals surface area contributed by atoms with Gasteiger partial charge in [0.05, 0.1) is 5.71 Å². The Hall–Kier alpha value is -2.20. The summed E-state index contributed by atoms with van der Waals surface area (Å²) in [6.07, 6.45) is 0. The monoisotopic (exact) mass is 325 g/mol. The molecule has 0 aliphatic rings. The number of hydrogen-bond acceptors (Lipinski definition) is 2. The van der Waals surface area contributed by atoms with E-state index in [1.807, 2.05) is 37.3 Å². The molecule has 0 aromatic heterocycles. The van der Waals surface area contributed by atoms with Crippen LogP contribution in [-0.4, -0.2) is 10.8 Å². The molecule has 0 aliphatic carbocycles. The van der Waals surface area contributed by atoms with Gasteiger partial charge in [-0.1, -0.05) is 63.2 Å². The number of hydrazone groups is 1. The summed E-state index contributed by atoms with van der Waals surface area (Å²) in [5.74, 6) is 0. The van der Waals surface area contributed by atoms with Crippen LogP contribution in [0.4, 0.5) is 5.69 Å². The maximum atomic E-state index is 5.24. The first-order valence-corrected chi connectivity index (χ1v) is 8.04. The largest absolute Gasteiger partial charge is 0.331 e. The standard InChI is InChI=1S/C19H23N3S/c1-14(15-10-12-16(13-11-15)19(2,3)4)21-22-18(23)20-17-8-6-5-7-9-17/h5-13H,1-4H3,(H2,20,22,23)/b21-14+. The summed E-state index contributed by atoms with van der Waals surface area (Å²) >= 11 is 5.24. The van der Waals surface area contributed by atoms with E-state index in [4.69, 9.17) is 12.2 Å². The molecule has 120 valence electrons. The predicted octanol–water partition coefficient (Wildman–Crippen LogP) is 4.69. The van der Waals surface area contributed by atoms with Crippen LogP contribution in [-0.2, 0) is 5.41 Å². The Kier molecular flexibility index (Phi) is 5.50. The summed E-state index contributed by atoms with van der Waals surface area (Å²) in [5.41, 5.74) is 7.25. The number of hydrogen-bond donors (Lipinski definition) is 2. The van der Waals surface area contributed by atoms with Gasteiger partial charge in [0.15, 0.2) is 5.11 Å². The van der Waals surface area contributed by atoms with Crippen LogP contribution in [0.25, 0.3) is 0 Å². The maximum absolute atomic E-state index is 5.24. The third kappa shape index (κ3) is 5.18. The van der Waals surface area contributed by atoms with Gasteiger partial charge < -0.3 is 5.32 Å². The summed E-state index contributed by atoms with van der Waals surface area (Å²) in [4.78, 5) is 0. The van der Waals surface area contributed by atoms with Crippen LogP contribution >= 0.6 is 12.2 Å². The van der Waals surface area contributed by atoms with E-state index in [1.165, 1.54) is 5.56 Å². The van der Waals surface area contributed by atoms with Crippen molar-refractivity contribution in [3.63, 3.8) is 0 Å². The highest BCUT2D eigenvalue weighted by Crippen LogP contribution is 2.22. The van der Waals surface area contributed by atoms with E-state index in [1.54, 1.807) is 0 Å². The summed E-state index contributed by atoms with van der Waals surface area (Å²) in [5, 5.41) is 7.91. The molecule has 0 spiro atoms. The fourth-order valence-corrected chi connectivity index (χ4v) is 2.25. The molecule has 4 heteroatoms. The number of nitrogens with zero attached hydrogens (tertiary/aromatic N) is 1. The molecule has 0 unspecified atom stereocenters. The molecule has 0 saturated heterocycles. The average Bonchev–Trinajstić information content (AvgIpc) is 2.53. The summed E-state index contributed by atoms with van der Waals surface area (Å²) in [6.45, 7) is 8.58. The van der Waals surface area contributed by atoms with Crippen LogP contribution in [0.3, 0.4) is 0 Å². The van der Waals surface area contributed by atoms with Crippen LogP contribution < -0.4 is 10.7 Å². The molecule has 2 aromatic rings. The highest BCUT2D eigenvalue weighted by atomic mass is 32.1. The molecule has 0 aliphatic heterocycles. The zero-order valence-corrected chi connectivity index (χ0v) is 14.9. The van der Waals surface area contributed by atoms with Crippen LogP contribution in [0, 0.1) is 0 Å². The second-order valence-corrected chi connectivity index (χ2v) is 6.86. The van der Waals surface area contributed by atoms with Crippen molar-refractivity contribution in [2.75, 3.05) is 5.32 Å². The Morgan fingerprint density at radius 1 is 0.957 bits per heavy atom. The highest BCUT2D eigenvalue weighted by molar-refractivity contribution is 7.80. The lowest BCUT2D eigenvalue weighted by atomic mass is 9.86. The summed E-state index contributed by atoms with van der Waals surface area (Å²) < 4.78 is 0. The lowest BCUT2D eigenvalue weighted by Crippen LogP contribution is -2.24. The third-order valence-corrected chi connectivity index (χ3v) is 3.72. The van der Waals surface area contributed by atoms with Crippen molar-refractivity contribution in [1.82, 2.24) is 5.43 Å². The molecule has 0 heterocycles. The van der Waals surface area contributed by atoms with Crippen molar-refractivity contribution in [2.24, 2.45) is 5.10 Å². The lowest BCUT2D eigenvalue weighted by molar-refractivity contribution is 0.590. The second kappa shape index (κ2) is 7.38. The van der Waals surface area contributed by atoms with Crippen LogP contribution in [0.1, 0.15) is 38.8 Å². The zero-order valence-electron chi connectivity index (χ0n) is 14.1. The van der Waals surface area contributed by atoms with Gasteiger partial charge in [0.2, 0.25) is 0 Å². The molecular formula is C19H23N3S. The van der Waals surface area contributed by atoms with Crippen molar-refractivity contribution >= 4 is 28.7 Å². The molecule has 2 aromatic carbocycles. The molecule has 23 heavy (non-hydrogen) atoms. The topological polar surface area (TPSA) is 36.4 Å². The lowest BCUT2D eigenvalue weighted by Gasteiger charge is -2.19. The maximum Gasteiger partial charge on any atom is 0.191 e. The third-order valence-electron chi connectivity index (χ3n) is 3.53. The van der Waals surface area contributed by atoms with Gasteiger partial charge in [-0.3, -0.25) is 5.43 Å². The molecule has 2 rings (SSSR count). The van der Waals surface area contributed by atoms with Crippen LogP contribution in [0.5, 0.6) is 0 Å². The van der Waals surface area contributed by atoms with E-state index in [9.17, 15) is 0 Å². The summed E-state index contributed by atoms with van der Waals surface area (Å²) in [6, 6.07) is 18.3. The number of thiocarbonyl (C=S) groups is 1. The van der Waals surface area contributed by atoms with Gasteiger partial charge in [0, 0.05) is 5.69 Å². The Morgan fingerprint density at radius 3 is 2.13 bits per heavy atom. The van der Waals surface area contributed by atoms with E-state index in [-0.39, 0.29) is 5.41 Å². The van der Waals surface area contributed by atoms with E-state index in [0.29, 0.717) is 5.11 Å². The smallest absolute Gasteiger partial charge is 0.191 e. The number of anilines is 1. The van der Waals surface area contributed by atoms with Crippen molar-refractivity contribution in [2.45, 2.75) is 33.1 Å². The fraction of sp³-hybridized carbons (Fsp3) is 0.263. The van der Waals surface area contributed by atoms with Crippen molar-refractivity contribution in [3.8, 4) is 0 Å². The number of benzene rings is 2. The predicted molar refractivity (Wildman–Crippen MR) is 103 cm³/mol. The van der Waals surface area contributed by atoms with Crippen LogP contribution in [0.2, 0.25) is 0 Å². The van der Waals surface area contributed by atoms with Gasteiger partial charge in [0.25, 0.3) is 0 Å². The molecule has 3 nitrogen and oxygen atoms in total. The normalized spacial score (nSPS) is 11.9. The molecule has 0 bridgehead atoms. The van der Waals surface area contributed by atoms with Crippen LogP contribution in [0.15, 0.2) is 59.7 Å². The van der Waals surface area contributed by atoms with E-state index in [0.717, 1.165) is 17.0 Å². The number of para-hydroxylation sites is 1. The van der Waals surface area contributed by atoms with E-state index >= 15 is 0 Å². The molecular weight excluding hydrogens is 302 g/mol. The van der Waals surface area contributed by atoms with Crippen molar-refractivity contribution in [1.29, 1.82) is 0 Å². The number of rotatable bonds is 3. The fourth-order valence-electron chi connectivity index (χ4n) is 2.09. The van der Waals surface area contributed by atoms with Crippen molar-refractivity contribution < 1.29 is 0 Å². The molecule has 0 radical (unpaired) electrons. The summed E-state index contributed by atoms with van der Waals surface area (Å²) in [7, 11) is 0. The van der Waals surface area contributed by atoms with Gasteiger partial charge in [0.1, 0.15) is 0 Å². The second-order valence-electron chi connectivity index (χ2n) is 6.46. The van der Waals surface area contributed by atoms with E-state index < -0.39 is 0 Å². The van der Waals surface area contributed by atoms with Gasteiger partial charge in [-0.25, -0.2) is 0 Å². The van der Waals surface area contributed by atoms with Gasteiger partial charge in [-0.2, -0.15) is 5.10 Å². The zero-order chi connectivity index (χ0) is 16.9. The molecule has 0 atom stereocenters. The minimum absolute atomic E-state index is 0.156. The first-order valence-electron chi connectivity index (χ1n) is 7.63. The average molecular weight is 325 g/mol. The van der Waals surface area contributed by atoms with Gasteiger partial charge in [-0.05, 0) is 47.8 Å². The molecule has 0 amide bonds.